The Bertz CT molecular complexity index is 531. The van der Waals surface area contributed by atoms with Crippen molar-refractivity contribution in [1.29, 1.82) is 0 Å². The highest BCUT2D eigenvalue weighted by Gasteiger charge is 2.00. The summed E-state index contributed by atoms with van der Waals surface area (Å²) in [5, 5.41) is 0. The number of aryl methyl sites for hydroxylation is 1. The van der Waals surface area contributed by atoms with Gasteiger partial charge in [0.1, 0.15) is 12.4 Å². The van der Waals surface area contributed by atoms with E-state index in [-0.39, 0.29) is 0 Å². The van der Waals surface area contributed by atoms with Gasteiger partial charge in [0.15, 0.2) is 0 Å². The van der Waals surface area contributed by atoms with Crippen LogP contribution in [0.5, 0.6) is 0 Å². The van der Waals surface area contributed by atoms with E-state index in [1.807, 2.05) is 17.0 Å². The van der Waals surface area contributed by atoms with Crippen molar-refractivity contribution < 1.29 is 17.5 Å². The van der Waals surface area contributed by atoms with Crippen LogP contribution in [0.2, 0.25) is 0 Å². The Labute approximate surface area is 154 Å². The van der Waals surface area contributed by atoms with E-state index in [1.165, 1.54) is 70.6 Å². The molecule has 0 amide bonds. The normalized spacial score (nSPS) is 11.0. The third kappa shape index (κ3) is 19.0. The van der Waals surface area contributed by atoms with Gasteiger partial charge in [0.2, 0.25) is 6.33 Å². The van der Waals surface area contributed by atoms with Crippen molar-refractivity contribution in [2.75, 3.05) is 6.26 Å². The van der Waals surface area contributed by atoms with Crippen LogP contribution >= 0.6 is 0 Å². The first-order valence-corrected chi connectivity index (χ1v) is 11.3. The fourth-order valence-corrected chi connectivity index (χ4v) is 2.61. The average Bonchev–Trinajstić information content (AvgIpc) is 2.99. The van der Waals surface area contributed by atoms with Gasteiger partial charge >= 0.3 is 0 Å². The molecule has 0 N–H and O–H groups in total. The van der Waals surface area contributed by atoms with Gasteiger partial charge in [-0.3, -0.25) is 0 Å². The molecule has 0 aliphatic carbocycles. The lowest BCUT2D eigenvalue weighted by Gasteiger charge is -2.02. The zero-order valence-corrected chi connectivity index (χ0v) is 16.8. The highest BCUT2D eigenvalue weighted by atomic mass is 32.2. The Kier molecular flexibility index (Phi) is 14.5. The van der Waals surface area contributed by atoms with Crippen molar-refractivity contribution in [3.63, 3.8) is 0 Å². The van der Waals surface area contributed by atoms with Gasteiger partial charge in [-0.05, 0) is 12.8 Å². The molecule has 0 fully saturated rings. The lowest BCUT2D eigenvalue weighted by atomic mass is 10.1. The van der Waals surface area contributed by atoms with Crippen LogP contribution in [0.3, 0.4) is 0 Å². The molecule has 146 valence electrons. The molecule has 0 atom stereocenters. The summed E-state index contributed by atoms with van der Waals surface area (Å²) in [7, 11) is -3.92. The van der Waals surface area contributed by atoms with Crippen LogP contribution in [-0.4, -0.2) is 23.8 Å². The number of hydrogen-bond donors (Lipinski definition) is 0. The Balaban J connectivity index is 0.00000101. The van der Waals surface area contributed by atoms with Crippen LogP contribution in [0.4, 0.5) is 0 Å². The van der Waals surface area contributed by atoms with Gasteiger partial charge in [0.25, 0.3) is 0 Å². The number of hydrogen-bond acceptors (Lipinski definition) is 3. The van der Waals surface area contributed by atoms with Crippen molar-refractivity contribution in [1.82, 2.24) is 4.57 Å². The quantitative estimate of drug-likeness (QED) is 0.294. The molecule has 0 saturated heterocycles. The summed E-state index contributed by atoms with van der Waals surface area (Å²) in [5.41, 5.74) is 0. The van der Waals surface area contributed by atoms with Gasteiger partial charge in [-0.25, -0.2) is 17.6 Å². The van der Waals surface area contributed by atoms with Gasteiger partial charge in [-0.1, -0.05) is 71.3 Å². The predicted molar refractivity (Wildman–Crippen MR) is 103 cm³/mol. The molecular formula is C19H36N2O3S. The van der Waals surface area contributed by atoms with E-state index in [1.54, 1.807) is 0 Å². The molecule has 0 bridgehead atoms. The van der Waals surface area contributed by atoms with Crippen LogP contribution < -0.4 is 4.57 Å². The second-order valence-corrected chi connectivity index (χ2v) is 7.93. The van der Waals surface area contributed by atoms with E-state index < -0.39 is 10.1 Å². The zero-order chi connectivity index (χ0) is 19.0. The first-order valence-electron chi connectivity index (χ1n) is 9.46. The molecule has 0 aliphatic rings. The van der Waals surface area contributed by atoms with Crippen molar-refractivity contribution in [2.45, 2.75) is 84.1 Å². The zero-order valence-electron chi connectivity index (χ0n) is 16.0. The van der Waals surface area contributed by atoms with E-state index in [9.17, 15) is 0 Å². The molecule has 1 heterocycles. The first kappa shape index (κ1) is 23.9. The summed E-state index contributed by atoms with van der Waals surface area (Å²) < 4.78 is 31.5. The molecule has 0 radical (unpaired) electrons. The minimum atomic E-state index is -3.92. The van der Waals surface area contributed by atoms with Crippen LogP contribution in [-0.2, 0) is 16.7 Å². The van der Waals surface area contributed by atoms with E-state index in [4.69, 9.17) is 13.0 Å². The van der Waals surface area contributed by atoms with Crippen molar-refractivity contribution >= 4 is 16.3 Å². The van der Waals surface area contributed by atoms with Gasteiger partial charge in [0.05, 0.1) is 22.9 Å². The van der Waals surface area contributed by atoms with E-state index in [0.717, 1.165) is 6.54 Å². The summed E-state index contributed by atoms with van der Waals surface area (Å²) in [6.45, 7) is 7.17. The Hall–Kier alpha value is -1.14. The second kappa shape index (κ2) is 15.1. The van der Waals surface area contributed by atoms with E-state index >= 15 is 0 Å². The summed E-state index contributed by atoms with van der Waals surface area (Å²) >= 11 is 0. The highest BCUT2D eigenvalue weighted by molar-refractivity contribution is 7.84. The van der Waals surface area contributed by atoms with Gasteiger partial charge in [-0.2, -0.15) is 0 Å². The predicted octanol–water partition coefficient (Wildman–Crippen LogP) is 4.35. The van der Waals surface area contributed by atoms with Crippen LogP contribution in [0, 0.1) is 0 Å². The molecule has 1 rings (SSSR count). The molecule has 0 aromatic carbocycles. The molecule has 25 heavy (non-hydrogen) atoms. The van der Waals surface area contributed by atoms with Crippen LogP contribution in [0.1, 0.15) is 77.6 Å². The largest absolute Gasteiger partial charge is 0.748 e. The third-order valence-electron chi connectivity index (χ3n) is 3.94. The maximum atomic E-state index is 9.08. The topological polar surface area (TPSA) is 66.0 Å². The van der Waals surface area contributed by atoms with Crippen molar-refractivity contribution in [2.24, 2.45) is 0 Å². The monoisotopic (exact) mass is 372 g/mol. The number of rotatable bonds is 13. The maximum absolute atomic E-state index is 9.08. The van der Waals surface area contributed by atoms with Gasteiger partial charge in [-0.15, -0.1) is 0 Å². The Morgan fingerprint density at radius 3 is 1.84 bits per heavy atom. The molecule has 0 unspecified atom stereocenters. The summed E-state index contributed by atoms with van der Waals surface area (Å²) in [5.74, 6) is 0. The lowest BCUT2D eigenvalue weighted by Crippen LogP contribution is -2.30. The standard InChI is InChI=1S/C18H33N2.CH4O3S/c1-3-5-6-7-8-9-10-11-12-13-14-15-20-17-16-19(4-2)18-20;1-5(2,3)4/h4,16-18H,2-3,5-15H2,1H3;1H3,(H,2,3,4)/q+1;/p-1. The molecule has 0 spiro atoms. The lowest BCUT2D eigenvalue weighted by molar-refractivity contribution is -0.696. The summed E-state index contributed by atoms with van der Waals surface area (Å²) in [6.07, 6.45) is 24.2. The first-order chi connectivity index (χ1) is 11.9. The van der Waals surface area contributed by atoms with Crippen LogP contribution in [0.25, 0.3) is 6.20 Å². The number of aromatic nitrogens is 2. The maximum Gasteiger partial charge on any atom is 0.248 e. The SMILES string of the molecule is C=Cn1cc[n+](CCCCCCCCCCCCC)c1.CS(=O)(=O)[O-]. The number of nitrogens with zero attached hydrogens (tertiary/aromatic N) is 2. The molecule has 0 saturated carbocycles. The Morgan fingerprint density at radius 1 is 1.00 bits per heavy atom. The summed E-state index contributed by atoms with van der Waals surface area (Å²) in [6, 6.07) is 0. The number of imidazole rings is 1. The fraction of sp³-hybridized carbons (Fsp3) is 0.737. The Morgan fingerprint density at radius 2 is 1.44 bits per heavy atom. The molecular weight excluding hydrogens is 336 g/mol. The molecule has 1 aromatic heterocycles. The van der Waals surface area contributed by atoms with E-state index in [0.29, 0.717) is 6.26 Å². The number of unbranched alkanes of at least 4 members (excludes halogenated alkanes) is 10. The molecule has 5 nitrogen and oxygen atoms in total. The van der Waals surface area contributed by atoms with Crippen molar-refractivity contribution in [3.8, 4) is 0 Å². The second-order valence-electron chi connectivity index (χ2n) is 6.52. The van der Waals surface area contributed by atoms with Gasteiger partial charge in [0, 0.05) is 6.26 Å². The minimum absolute atomic E-state index is 0.604. The molecule has 6 heteroatoms. The summed E-state index contributed by atoms with van der Waals surface area (Å²) in [4.78, 5) is 0. The highest BCUT2D eigenvalue weighted by Crippen LogP contribution is 2.11. The molecule has 0 aliphatic heterocycles. The van der Waals surface area contributed by atoms with Crippen LogP contribution in [0.15, 0.2) is 25.3 Å². The van der Waals surface area contributed by atoms with E-state index in [2.05, 4.69) is 30.6 Å². The third-order valence-corrected chi connectivity index (χ3v) is 3.94. The smallest absolute Gasteiger partial charge is 0.248 e. The molecule has 1 aromatic rings. The van der Waals surface area contributed by atoms with Gasteiger partial charge < -0.3 is 4.55 Å². The average molecular weight is 373 g/mol. The van der Waals surface area contributed by atoms with Crippen molar-refractivity contribution in [3.05, 3.63) is 25.3 Å². The fourth-order valence-electron chi connectivity index (χ4n) is 2.61. The minimum Gasteiger partial charge on any atom is -0.748 e.